The van der Waals surface area contributed by atoms with E-state index in [9.17, 15) is 0 Å². The van der Waals surface area contributed by atoms with E-state index in [0.29, 0.717) is 28.4 Å². The van der Waals surface area contributed by atoms with Crippen LogP contribution in [-0.2, 0) is 0 Å². The summed E-state index contributed by atoms with van der Waals surface area (Å²) >= 11 is 6.55. The molecule has 1 saturated heterocycles. The number of nitriles is 1. The average molecular weight is 559 g/mol. The molecule has 2 aromatic carbocycles. The lowest BCUT2D eigenvalue weighted by Gasteiger charge is -2.30. The van der Waals surface area contributed by atoms with Gasteiger partial charge in [-0.2, -0.15) is 10.2 Å². The number of ether oxygens (including phenoxy) is 1. The Morgan fingerprint density at radius 2 is 2.05 bits per heavy atom. The number of hydrogen-bond donors (Lipinski definition) is 1. The molecule has 6 rings (SSSR count). The molecule has 40 heavy (non-hydrogen) atoms. The highest BCUT2D eigenvalue weighted by molar-refractivity contribution is 6.36. The second-order valence-corrected chi connectivity index (χ2v) is 11.1. The van der Waals surface area contributed by atoms with Gasteiger partial charge in [-0.3, -0.25) is 4.98 Å². The summed E-state index contributed by atoms with van der Waals surface area (Å²) in [5.41, 5.74) is 0.920. The molecule has 4 aromatic rings. The van der Waals surface area contributed by atoms with Crippen molar-refractivity contribution in [3.63, 3.8) is 0 Å². The van der Waals surface area contributed by atoms with E-state index in [1.165, 1.54) is 0 Å². The maximum Gasteiger partial charge on any atom is 0.434 e. The van der Waals surface area contributed by atoms with Crippen molar-refractivity contribution < 1.29 is 13.7 Å². The fourth-order valence-corrected chi connectivity index (χ4v) is 6.06. The van der Waals surface area contributed by atoms with Crippen molar-refractivity contribution in [1.82, 2.24) is 25.2 Å². The first-order valence-corrected chi connectivity index (χ1v) is 13.9. The number of fused-ring (bicyclic) bond motifs is 2. The van der Waals surface area contributed by atoms with E-state index in [4.69, 9.17) is 26.6 Å². The van der Waals surface area contributed by atoms with E-state index in [2.05, 4.69) is 33.4 Å². The highest BCUT2D eigenvalue weighted by atomic mass is 35.5. The molecule has 0 amide bonds. The third kappa shape index (κ3) is 4.93. The van der Waals surface area contributed by atoms with Gasteiger partial charge < -0.3 is 15.0 Å². The fourth-order valence-electron chi connectivity index (χ4n) is 5.78. The second-order valence-electron chi connectivity index (χ2n) is 10.7. The quantitative estimate of drug-likeness (QED) is 0.142. The van der Waals surface area contributed by atoms with E-state index in [1.807, 2.05) is 48.1 Å². The van der Waals surface area contributed by atoms with Crippen LogP contribution in [0.2, 0.25) is 5.02 Å². The molecule has 0 bridgehead atoms. The van der Waals surface area contributed by atoms with Gasteiger partial charge in [-0.15, -0.1) is 0 Å². The van der Waals surface area contributed by atoms with Crippen LogP contribution in [-0.4, -0.2) is 70.0 Å². The number of nitrogens with one attached hydrogen (secondary N) is 1. The predicted octanol–water partition coefficient (Wildman–Crippen LogP) is 5.30. The number of pyridine rings is 1. The number of aromatic nitrogens is 3. The lowest BCUT2D eigenvalue weighted by molar-refractivity contribution is -0.405. The van der Waals surface area contributed by atoms with Gasteiger partial charge in [0, 0.05) is 45.2 Å². The predicted molar refractivity (Wildman–Crippen MR) is 154 cm³/mol. The zero-order valence-electron chi connectivity index (χ0n) is 22.4. The highest BCUT2D eigenvalue weighted by Gasteiger charge is 2.31. The number of hydrogen-bond acceptors (Lipinski definition) is 7. The molecular formula is C30H30ClFN7O+. The standard InChI is InChI=1S/C30H30ClFN7O/c1-38-11-5-8-21(38)16-40-30-36-28-23(29(37-30)39(2)15-18-12-20(13-18)35-17-33)14-34-27(26(28)32)22-9-3-6-19-7-4-10-24(31)25(19)22/h3-4,6-7,9-10,14-15,18,20-21,35H,5,8,11-13,16H2,1-2H3/q+1/t18?,20?,21-/m0/s1. The number of nitrogens with zero attached hydrogens (tertiary/aromatic N) is 6. The van der Waals surface area contributed by atoms with Crippen LogP contribution in [0.5, 0.6) is 6.01 Å². The van der Waals surface area contributed by atoms with Gasteiger partial charge in [-0.05, 0) is 50.7 Å². The molecule has 1 N–H and O–H groups in total. The lowest BCUT2D eigenvalue weighted by atomic mass is 9.81. The number of halogens is 2. The maximum absolute atomic E-state index is 16.4. The molecule has 0 spiro atoms. The van der Waals surface area contributed by atoms with Crippen molar-refractivity contribution in [2.24, 2.45) is 5.92 Å². The van der Waals surface area contributed by atoms with E-state index in [-0.39, 0.29) is 35.2 Å². The summed E-state index contributed by atoms with van der Waals surface area (Å²) in [6, 6.07) is 11.8. The molecule has 1 aliphatic carbocycles. The Morgan fingerprint density at radius 1 is 1.25 bits per heavy atom. The number of likely N-dealkylation sites (tertiary alicyclic amines) is 1. The van der Waals surface area contributed by atoms with Crippen molar-refractivity contribution >= 4 is 45.3 Å². The van der Waals surface area contributed by atoms with Gasteiger partial charge in [-0.1, -0.05) is 41.9 Å². The van der Waals surface area contributed by atoms with Crippen LogP contribution in [0.15, 0.2) is 42.6 Å². The van der Waals surface area contributed by atoms with Gasteiger partial charge >= 0.3 is 11.8 Å². The first-order chi connectivity index (χ1) is 19.4. The Bertz CT molecular complexity index is 1660. The van der Waals surface area contributed by atoms with E-state index in [0.717, 1.165) is 43.0 Å². The molecule has 1 atom stereocenters. The molecule has 204 valence electrons. The molecular weight excluding hydrogens is 529 g/mol. The van der Waals surface area contributed by atoms with Crippen molar-refractivity contribution in [3.05, 3.63) is 53.4 Å². The van der Waals surface area contributed by atoms with Gasteiger partial charge in [-0.25, -0.2) is 8.97 Å². The molecule has 2 fully saturated rings. The Kier molecular flexibility index (Phi) is 7.22. The summed E-state index contributed by atoms with van der Waals surface area (Å²) in [4.78, 5) is 16.1. The summed E-state index contributed by atoms with van der Waals surface area (Å²) in [7, 11) is 3.97. The molecule has 2 aliphatic rings. The Balaban J connectivity index is 1.44. The molecule has 10 heteroatoms. The van der Waals surface area contributed by atoms with Crippen molar-refractivity contribution in [1.29, 1.82) is 5.26 Å². The van der Waals surface area contributed by atoms with Gasteiger partial charge in [0.2, 0.25) is 0 Å². The lowest BCUT2D eigenvalue weighted by Crippen LogP contribution is -2.40. The summed E-state index contributed by atoms with van der Waals surface area (Å²) < 4.78 is 24.4. The summed E-state index contributed by atoms with van der Waals surface area (Å²) in [5, 5.41) is 14.3. The van der Waals surface area contributed by atoms with Crippen molar-refractivity contribution in [2.45, 2.75) is 37.8 Å². The van der Waals surface area contributed by atoms with Crippen LogP contribution >= 0.6 is 11.6 Å². The Morgan fingerprint density at radius 3 is 2.80 bits per heavy atom. The zero-order chi connectivity index (χ0) is 27.8. The topological polar surface area (TPSA) is 90.0 Å². The SMILES string of the molecule is CN1CCC[C@H]1COc1nc([N+](C)=CC2CC(NC#N)C2)c2cnc(-c3cccc4cccc(Cl)c34)c(F)c2n1. The molecule has 8 nitrogen and oxygen atoms in total. The van der Waals surface area contributed by atoms with E-state index in [1.54, 1.807) is 12.3 Å². The average Bonchev–Trinajstić information content (AvgIpc) is 3.35. The van der Waals surface area contributed by atoms with E-state index < -0.39 is 5.82 Å². The van der Waals surface area contributed by atoms with Crippen LogP contribution < -0.4 is 10.1 Å². The molecule has 0 radical (unpaired) electrons. The summed E-state index contributed by atoms with van der Waals surface area (Å²) in [6.07, 6.45) is 9.53. The third-order valence-electron chi connectivity index (χ3n) is 8.04. The second kappa shape index (κ2) is 11.0. The molecule has 1 aliphatic heterocycles. The molecule has 2 aromatic heterocycles. The highest BCUT2D eigenvalue weighted by Crippen LogP contribution is 2.37. The minimum atomic E-state index is -0.549. The first-order valence-electron chi connectivity index (χ1n) is 13.5. The largest absolute Gasteiger partial charge is 0.443 e. The van der Waals surface area contributed by atoms with Gasteiger partial charge in [0.1, 0.15) is 23.2 Å². The third-order valence-corrected chi connectivity index (χ3v) is 8.36. The number of benzene rings is 2. The first kappa shape index (κ1) is 26.4. The molecule has 3 heterocycles. The molecule has 1 saturated carbocycles. The van der Waals surface area contributed by atoms with Crippen LogP contribution in [0.25, 0.3) is 32.9 Å². The van der Waals surface area contributed by atoms with Crippen LogP contribution in [0.1, 0.15) is 25.7 Å². The van der Waals surface area contributed by atoms with Crippen molar-refractivity contribution in [3.8, 4) is 23.5 Å². The summed E-state index contributed by atoms with van der Waals surface area (Å²) in [5.74, 6) is 0.240. The smallest absolute Gasteiger partial charge is 0.434 e. The Hall–Kier alpha value is -3.87. The van der Waals surface area contributed by atoms with Gasteiger partial charge in [0.05, 0.1) is 13.3 Å². The zero-order valence-corrected chi connectivity index (χ0v) is 23.2. The van der Waals surface area contributed by atoms with Crippen LogP contribution in [0.4, 0.5) is 10.2 Å². The van der Waals surface area contributed by atoms with Crippen molar-refractivity contribution in [2.75, 3.05) is 27.2 Å². The van der Waals surface area contributed by atoms with Gasteiger partial charge in [0.15, 0.2) is 12.0 Å². The summed E-state index contributed by atoms with van der Waals surface area (Å²) in [6.45, 7) is 1.45. The van der Waals surface area contributed by atoms with E-state index >= 15 is 4.39 Å². The monoisotopic (exact) mass is 558 g/mol. The molecule has 0 unspecified atom stereocenters. The fraction of sp³-hybridized carbons (Fsp3) is 0.367. The maximum atomic E-state index is 16.4. The minimum Gasteiger partial charge on any atom is -0.443 e. The Labute approximate surface area is 237 Å². The van der Waals surface area contributed by atoms with Crippen LogP contribution in [0, 0.1) is 23.2 Å². The number of likely N-dealkylation sites (N-methyl/N-ethyl adjacent to an activating group) is 1. The van der Waals surface area contributed by atoms with Crippen LogP contribution in [0.3, 0.4) is 0 Å². The normalized spacial score (nSPS) is 21.4. The minimum absolute atomic E-state index is 0.132. The number of rotatable bonds is 7. The van der Waals surface area contributed by atoms with Gasteiger partial charge in [0.25, 0.3) is 0 Å².